The van der Waals surface area contributed by atoms with Gasteiger partial charge in [-0.1, -0.05) is 54.6 Å². The smallest absolute Gasteiger partial charge is 0.135 e. The Morgan fingerprint density at radius 3 is 2.46 bits per heavy atom. The Morgan fingerprint density at radius 2 is 1.83 bits per heavy atom. The van der Waals surface area contributed by atoms with Gasteiger partial charge in [-0.05, 0) is 61.2 Å². The Labute approximate surface area is 144 Å². The monoisotopic (exact) mass is 328 g/mol. The lowest BCUT2D eigenvalue weighted by Gasteiger charge is -2.37. The quantitative estimate of drug-likeness (QED) is 0.544. The second-order valence-electron chi connectivity index (χ2n) is 7.01. The van der Waals surface area contributed by atoms with Crippen LogP contribution in [0.2, 0.25) is 0 Å². The van der Waals surface area contributed by atoms with Crippen molar-refractivity contribution in [1.82, 2.24) is 0 Å². The van der Waals surface area contributed by atoms with Gasteiger partial charge in [-0.2, -0.15) is 0 Å². The van der Waals surface area contributed by atoms with Gasteiger partial charge >= 0.3 is 0 Å². The predicted molar refractivity (Wildman–Crippen MR) is 97.2 cm³/mol. The molecule has 0 spiro atoms. The van der Waals surface area contributed by atoms with E-state index >= 15 is 4.39 Å². The lowest BCUT2D eigenvalue weighted by Crippen LogP contribution is -2.34. The summed E-state index contributed by atoms with van der Waals surface area (Å²) in [4.78, 5) is 0. The zero-order valence-corrected chi connectivity index (χ0v) is 14.1. The van der Waals surface area contributed by atoms with Crippen LogP contribution in [-0.4, -0.2) is 12.3 Å². The topological polar surface area (TPSA) is 0 Å². The summed E-state index contributed by atoms with van der Waals surface area (Å²) >= 11 is 0. The number of alkyl halides is 2. The molecule has 3 rings (SSSR count). The highest BCUT2D eigenvalue weighted by molar-refractivity contribution is 5.75. The van der Waals surface area contributed by atoms with E-state index in [-0.39, 0.29) is 12.6 Å². The van der Waals surface area contributed by atoms with Gasteiger partial charge in [0.2, 0.25) is 0 Å². The minimum absolute atomic E-state index is 0.105. The van der Waals surface area contributed by atoms with Crippen molar-refractivity contribution in [2.24, 2.45) is 11.8 Å². The van der Waals surface area contributed by atoms with E-state index in [9.17, 15) is 4.39 Å². The molecular formula is C22H26F2. The molecule has 0 radical (unpaired) electrons. The van der Waals surface area contributed by atoms with Gasteiger partial charge in [0.1, 0.15) is 5.67 Å². The summed E-state index contributed by atoms with van der Waals surface area (Å²) in [6, 6.07) is 10.2. The van der Waals surface area contributed by atoms with Gasteiger partial charge in [0.05, 0.1) is 6.67 Å². The molecule has 128 valence electrons. The summed E-state index contributed by atoms with van der Waals surface area (Å²) in [7, 11) is 0. The maximum Gasteiger partial charge on any atom is 0.135 e. The molecule has 0 nitrogen and oxygen atoms in total. The first-order valence-electron chi connectivity index (χ1n) is 9.07. The van der Waals surface area contributed by atoms with Crippen LogP contribution < -0.4 is 0 Å². The molecule has 0 N–H and O–H groups in total. The van der Waals surface area contributed by atoms with Crippen molar-refractivity contribution in [2.75, 3.05) is 6.67 Å². The lowest BCUT2D eigenvalue weighted by atomic mass is 9.71. The molecule has 1 atom stereocenters. The number of hydrogen-bond donors (Lipinski definition) is 0. The van der Waals surface area contributed by atoms with Gasteiger partial charge in [-0.25, -0.2) is 4.39 Å². The van der Waals surface area contributed by atoms with Crippen LogP contribution >= 0.6 is 0 Å². The van der Waals surface area contributed by atoms with Crippen LogP contribution in [-0.2, 0) is 0 Å². The molecule has 2 aliphatic carbocycles. The first kappa shape index (κ1) is 17.1. The van der Waals surface area contributed by atoms with Crippen molar-refractivity contribution in [1.29, 1.82) is 0 Å². The van der Waals surface area contributed by atoms with E-state index in [0.29, 0.717) is 18.8 Å². The van der Waals surface area contributed by atoms with Crippen LogP contribution in [0.4, 0.5) is 8.78 Å². The molecule has 2 aliphatic rings. The normalized spacial score (nSPS) is 30.5. The fourth-order valence-corrected chi connectivity index (χ4v) is 3.92. The van der Waals surface area contributed by atoms with Crippen LogP contribution in [0, 0.1) is 11.8 Å². The Hall–Kier alpha value is -1.70. The number of hydrogen-bond acceptors (Lipinski definition) is 0. The van der Waals surface area contributed by atoms with Crippen LogP contribution in [0.1, 0.15) is 44.1 Å². The number of rotatable bonds is 5. The van der Waals surface area contributed by atoms with Crippen LogP contribution in [0.5, 0.6) is 0 Å². The van der Waals surface area contributed by atoms with Crippen molar-refractivity contribution in [2.45, 2.75) is 44.2 Å². The average molecular weight is 328 g/mol. The third-order valence-electron chi connectivity index (χ3n) is 5.42. The Bertz CT molecular complexity index is 606. The third kappa shape index (κ3) is 4.03. The van der Waals surface area contributed by atoms with E-state index in [0.717, 1.165) is 36.8 Å². The van der Waals surface area contributed by atoms with E-state index in [1.807, 2.05) is 36.4 Å². The first-order valence-corrected chi connectivity index (χ1v) is 9.07. The number of halogens is 2. The molecule has 2 heteroatoms. The molecule has 1 aromatic rings. The minimum atomic E-state index is -1.20. The van der Waals surface area contributed by atoms with Gasteiger partial charge in [0.25, 0.3) is 0 Å². The molecule has 1 saturated carbocycles. The molecule has 1 unspecified atom stereocenters. The summed E-state index contributed by atoms with van der Waals surface area (Å²) in [5.41, 5.74) is 1.07. The molecule has 1 fully saturated rings. The zero-order chi connectivity index (χ0) is 16.8. The predicted octanol–water partition coefficient (Wildman–Crippen LogP) is 6.46. The van der Waals surface area contributed by atoms with Crippen molar-refractivity contribution in [3.05, 3.63) is 66.3 Å². The Balaban J connectivity index is 1.57. The zero-order valence-electron chi connectivity index (χ0n) is 14.1. The maximum atomic E-state index is 15.4. The molecule has 0 aromatic heterocycles. The maximum absolute atomic E-state index is 15.4. The summed E-state index contributed by atoms with van der Waals surface area (Å²) in [6.07, 6.45) is 14.7. The summed E-state index contributed by atoms with van der Waals surface area (Å²) in [5.74, 6) is 0.604. The van der Waals surface area contributed by atoms with Gasteiger partial charge in [-0.3, -0.25) is 4.39 Å². The largest absolute Gasteiger partial charge is 0.251 e. The van der Waals surface area contributed by atoms with E-state index in [4.69, 9.17) is 0 Å². The molecule has 0 bridgehead atoms. The van der Waals surface area contributed by atoms with Crippen molar-refractivity contribution < 1.29 is 8.78 Å². The summed E-state index contributed by atoms with van der Waals surface area (Å²) < 4.78 is 27.5. The standard InChI is InChI=1S/C22H26F2/c23-17-5-4-6-18-9-11-21(12-10-18)22(24)15-13-20(14-16-22)19-7-2-1-3-8-19/h1-4,6-8,13-15,18,21H,5,9-12,16-17H2/b6-4+. The van der Waals surface area contributed by atoms with Crippen molar-refractivity contribution in [3.8, 4) is 0 Å². The van der Waals surface area contributed by atoms with E-state index in [2.05, 4.69) is 18.2 Å². The third-order valence-corrected chi connectivity index (χ3v) is 5.42. The lowest BCUT2D eigenvalue weighted by molar-refractivity contribution is 0.0975. The Kier molecular flexibility index (Phi) is 5.65. The van der Waals surface area contributed by atoms with Gasteiger partial charge < -0.3 is 0 Å². The SMILES string of the molecule is FCC/C=C/C1CCC(C2(F)C=CC(c3ccccc3)=CC2)CC1. The van der Waals surface area contributed by atoms with E-state index < -0.39 is 5.67 Å². The van der Waals surface area contributed by atoms with Crippen LogP contribution in [0.3, 0.4) is 0 Å². The second-order valence-corrected chi connectivity index (χ2v) is 7.01. The molecule has 1 aromatic carbocycles. The summed E-state index contributed by atoms with van der Waals surface area (Å²) in [6.45, 7) is -0.291. The molecule has 24 heavy (non-hydrogen) atoms. The molecular weight excluding hydrogens is 302 g/mol. The first-order chi connectivity index (χ1) is 11.7. The highest BCUT2D eigenvalue weighted by Gasteiger charge is 2.39. The fourth-order valence-electron chi connectivity index (χ4n) is 3.92. The van der Waals surface area contributed by atoms with Crippen molar-refractivity contribution in [3.63, 3.8) is 0 Å². The molecule has 0 saturated heterocycles. The average Bonchev–Trinajstić information content (AvgIpc) is 2.64. The van der Waals surface area contributed by atoms with Crippen molar-refractivity contribution >= 4 is 5.57 Å². The summed E-state index contributed by atoms with van der Waals surface area (Å²) in [5, 5.41) is 0. The van der Waals surface area contributed by atoms with E-state index in [1.165, 1.54) is 0 Å². The number of benzene rings is 1. The fraction of sp³-hybridized carbons (Fsp3) is 0.455. The van der Waals surface area contributed by atoms with Gasteiger partial charge in [-0.15, -0.1) is 0 Å². The highest BCUT2D eigenvalue weighted by atomic mass is 19.1. The van der Waals surface area contributed by atoms with Crippen LogP contribution in [0.15, 0.2) is 60.7 Å². The van der Waals surface area contributed by atoms with Crippen LogP contribution in [0.25, 0.3) is 5.57 Å². The molecule has 0 amide bonds. The number of allylic oxidation sites excluding steroid dienone is 6. The van der Waals surface area contributed by atoms with E-state index in [1.54, 1.807) is 6.08 Å². The van der Waals surface area contributed by atoms with Gasteiger partial charge in [0.15, 0.2) is 0 Å². The second kappa shape index (κ2) is 7.92. The minimum Gasteiger partial charge on any atom is -0.251 e. The molecule has 0 heterocycles. The molecule has 0 aliphatic heterocycles. The van der Waals surface area contributed by atoms with Gasteiger partial charge in [0, 0.05) is 6.42 Å². The Morgan fingerprint density at radius 1 is 1.08 bits per heavy atom. The highest BCUT2D eigenvalue weighted by Crippen LogP contribution is 2.43.